The van der Waals surface area contributed by atoms with E-state index in [0.717, 1.165) is 11.1 Å². The van der Waals surface area contributed by atoms with Crippen LogP contribution in [0.2, 0.25) is 0 Å². The van der Waals surface area contributed by atoms with Crippen LogP contribution >= 0.6 is 0 Å². The van der Waals surface area contributed by atoms with E-state index >= 15 is 0 Å². The second-order valence-corrected chi connectivity index (χ2v) is 8.42. The average Bonchev–Trinajstić information content (AvgIpc) is 3.13. The molecule has 0 unspecified atom stereocenters. The topological polar surface area (TPSA) is 84.9 Å². The summed E-state index contributed by atoms with van der Waals surface area (Å²) in [6.07, 6.45) is 0.907. The van der Waals surface area contributed by atoms with Gasteiger partial charge in [-0.2, -0.15) is 4.31 Å². The smallest absolute Gasteiger partial charge is 0.243 e. The van der Waals surface area contributed by atoms with Gasteiger partial charge in [0.15, 0.2) is 11.5 Å². The first-order chi connectivity index (χ1) is 13.0. The molecule has 0 aliphatic carbocycles. The van der Waals surface area contributed by atoms with Crippen LogP contribution in [0.1, 0.15) is 24.5 Å². The number of anilines is 1. The number of carbonyl (C=O) groups excluding carboxylic acids is 1. The standard InChI is InChI=1S/C19H20N2O5S/c1-2-21(11-13-3-7-17-18(9-13)26-12-25-17)27(23,24)15-5-6-16-14(10-15)4-8-19(22)20-16/h3,5-7,9-10H,2,4,8,11-12H2,1H3,(H,20,22). The fraction of sp³-hybridized carbons (Fsp3) is 0.316. The molecule has 1 amide bonds. The first-order valence-corrected chi connectivity index (χ1v) is 10.2. The highest BCUT2D eigenvalue weighted by Crippen LogP contribution is 2.33. The Labute approximate surface area is 157 Å². The van der Waals surface area contributed by atoms with Crippen LogP contribution in [0.3, 0.4) is 0 Å². The number of amides is 1. The van der Waals surface area contributed by atoms with E-state index in [1.807, 2.05) is 19.1 Å². The van der Waals surface area contributed by atoms with Crippen LogP contribution < -0.4 is 14.8 Å². The summed E-state index contributed by atoms with van der Waals surface area (Å²) in [5, 5.41) is 2.77. The molecule has 0 aromatic heterocycles. The number of fused-ring (bicyclic) bond motifs is 2. The molecule has 0 atom stereocenters. The van der Waals surface area contributed by atoms with E-state index in [9.17, 15) is 13.2 Å². The molecule has 0 bridgehead atoms. The molecule has 27 heavy (non-hydrogen) atoms. The first-order valence-electron chi connectivity index (χ1n) is 8.79. The van der Waals surface area contributed by atoms with Crippen molar-refractivity contribution in [2.45, 2.75) is 31.2 Å². The number of carbonyl (C=O) groups is 1. The monoisotopic (exact) mass is 388 g/mol. The Morgan fingerprint density at radius 2 is 1.89 bits per heavy atom. The van der Waals surface area contributed by atoms with Gasteiger partial charge < -0.3 is 14.8 Å². The maximum Gasteiger partial charge on any atom is 0.243 e. The Morgan fingerprint density at radius 3 is 2.70 bits per heavy atom. The van der Waals surface area contributed by atoms with Crippen molar-refractivity contribution in [1.82, 2.24) is 4.31 Å². The van der Waals surface area contributed by atoms with Crippen LogP contribution in [-0.2, 0) is 27.8 Å². The molecular formula is C19H20N2O5S. The zero-order chi connectivity index (χ0) is 19.0. The van der Waals surface area contributed by atoms with Gasteiger partial charge in [0.05, 0.1) is 4.90 Å². The van der Waals surface area contributed by atoms with Crippen molar-refractivity contribution in [3.8, 4) is 11.5 Å². The van der Waals surface area contributed by atoms with Gasteiger partial charge in [0.2, 0.25) is 22.7 Å². The summed E-state index contributed by atoms with van der Waals surface area (Å²) in [6.45, 7) is 2.57. The molecule has 0 radical (unpaired) electrons. The average molecular weight is 388 g/mol. The summed E-state index contributed by atoms with van der Waals surface area (Å²) in [5.74, 6) is 1.25. The number of hydrogen-bond donors (Lipinski definition) is 1. The fourth-order valence-corrected chi connectivity index (χ4v) is 4.77. The van der Waals surface area contributed by atoms with E-state index in [-0.39, 0.29) is 24.1 Å². The maximum absolute atomic E-state index is 13.1. The number of ether oxygens (including phenoxy) is 2. The van der Waals surface area contributed by atoms with E-state index in [1.165, 1.54) is 4.31 Å². The second-order valence-electron chi connectivity index (χ2n) is 6.49. The molecule has 2 aromatic carbocycles. The largest absolute Gasteiger partial charge is 0.454 e. The molecule has 2 heterocycles. The first kappa shape index (κ1) is 17.8. The maximum atomic E-state index is 13.1. The quantitative estimate of drug-likeness (QED) is 0.851. The van der Waals surface area contributed by atoms with Crippen LogP contribution in [-0.4, -0.2) is 32.0 Å². The van der Waals surface area contributed by atoms with E-state index in [0.29, 0.717) is 36.6 Å². The van der Waals surface area contributed by atoms with Gasteiger partial charge in [-0.25, -0.2) is 8.42 Å². The minimum Gasteiger partial charge on any atom is -0.454 e. The van der Waals surface area contributed by atoms with Crippen molar-refractivity contribution in [2.75, 3.05) is 18.7 Å². The SMILES string of the molecule is CCN(Cc1ccc2c(c1)OCO2)S(=O)(=O)c1ccc2c(c1)CCC(=O)N2. The molecule has 1 N–H and O–H groups in total. The van der Waals surface area contributed by atoms with Gasteiger partial charge in [0, 0.05) is 25.2 Å². The summed E-state index contributed by atoms with van der Waals surface area (Å²) >= 11 is 0. The predicted molar refractivity (Wildman–Crippen MR) is 99.2 cm³/mol. The molecular weight excluding hydrogens is 368 g/mol. The van der Waals surface area contributed by atoms with E-state index in [1.54, 1.807) is 24.3 Å². The van der Waals surface area contributed by atoms with Crippen LogP contribution in [0.15, 0.2) is 41.3 Å². The lowest BCUT2D eigenvalue weighted by Crippen LogP contribution is -2.30. The number of aryl methyl sites for hydroxylation is 1. The van der Waals surface area contributed by atoms with Gasteiger partial charge >= 0.3 is 0 Å². The van der Waals surface area contributed by atoms with Gasteiger partial charge in [-0.05, 0) is 47.9 Å². The van der Waals surface area contributed by atoms with Gasteiger partial charge in [-0.15, -0.1) is 0 Å². The highest BCUT2D eigenvalue weighted by atomic mass is 32.2. The third-order valence-electron chi connectivity index (χ3n) is 4.76. The molecule has 8 heteroatoms. The number of sulfonamides is 1. The van der Waals surface area contributed by atoms with Crippen molar-refractivity contribution >= 4 is 21.6 Å². The minimum atomic E-state index is -3.66. The van der Waals surface area contributed by atoms with Crippen molar-refractivity contribution < 1.29 is 22.7 Å². The Balaban J connectivity index is 1.60. The number of nitrogens with zero attached hydrogens (tertiary/aromatic N) is 1. The highest BCUT2D eigenvalue weighted by Gasteiger charge is 2.26. The van der Waals surface area contributed by atoms with Crippen LogP contribution in [0.25, 0.3) is 0 Å². The number of rotatable bonds is 5. The molecule has 4 rings (SSSR count). The van der Waals surface area contributed by atoms with Crippen molar-refractivity contribution in [2.24, 2.45) is 0 Å². The molecule has 2 aliphatic heterocycles. The van der Waals surface area contributed by atoms with Crippen molar-refractivity contribution in [1.29, 1.82) is 0 Å². The van der Waals surface area contributed by atoms with Crippen molar-refractivity contribution in [3.63, 3.8) is 0 Å². The molecule has 0 spiro atoms. The van der Waals surface area contributed by atoms with E-state index < -0.39 is 10.0 Å². The Kier molecular flexibility index (Phi) is 4.53. The second kappa shape index (κ2) is 6.86. The fourth-order valence-electron chi connectivity index (χ4n) is 3.28. The normalized spacial score (nSPS) is 15.6. The Bertz CT molecular complexity index is 1000. The summed E-state index contributed by atoms with van der Waals surface area (Å²) in [4.78, 5) is 11.7. The zero-order valence-electron chi connectivity index (χ0n) is 14.9. The summed E-state index contributed by atoms with van der Waals surface area (Å²) in [6, 6.07) is 10.3. The van der Waals surface area contributed by atoms with Crippen LogP contribution in [0, 0.1) is 0 Å². The lowest BCUT2D eigenvalue weighted by Gasteiger charge is -2.23. The van der Waals surface area contributed by atoms with E-state index in [2.05, 4.69) is 5.32 Å². The molecule has 0 fully saturated rings. The predicted octanol–water partition coefficient (Wildman–Crippen LogP) is 2.51. The molecule has 2 aliphatic rings. The highest BCUT2D eigenvalue weighted by molar-refractivity contribution is 7.89. The third kappa shape index (κ3) is 3.38. The lowest BCUT2D eigenvalue weighted by molar-refractivity contribution is -0.116. The summed E-state index contributed by atoms with van der Waals surface area (Å²) in [7, 11) is -3.66. The number of nitrogens with one attached hydrogen (secondary N) is 1. The Hall–Kier alpha value is -2.58. The zero-order valence-corrected chi connectivity index (χ0v) is 15.7. The van der Waals surface area contributed by atoms with Gasteiger partial charge in [0.25, 0.3) is 0 Å². The number of hydrogen-bond acceptors (Lipinski definition) is 5. The summed E-state index contributed by atoms with van der Waals surface area (Å²) < 4.78 is 38.4. The summed E-state index contributed by atoms with van der Waals surface area (Å²) in [5.41, 5.74) is 2.36. The Morgan fingerprint density at radius 1 is 1.07 bits per heavy atom. The molecule has 2 aromatic rings. The van der Waals surface area contributed by atoms with Crippen molar-refractivity contribution in [3.05, 3.63) is 47.5 Å². The van der Waals surface area contributed by atoms with Gasteiger partial charge in [-0.1, -0.05) is 13.0 Å². The number of benzene rings is 2. The van der Waals surface area contributed by atoms with Gasteiger partial charge in [-0.3, -0.25) is 4.79 Å². The molecule has 7 nitrogen and oxygen atoms in total. The molecule has 142 valence electrons. The lowest BCUT2D eigenvalue weighted by atomic mass is 10.0. The van der Waals surface area contributed by atoms with Crippen LogP contribution in [0.4, 0.5) is 5.69 Å². The third-order valence-corrected chi connectivity index (χ3v) is 6.68. The van der Waals surface area contributed by atoms with Gasteiger partial charge in [0.1, 0.15) is 0 Å². The molecule has 0 saturated heterocycles. The minimum absolute atomic E-state index is 0.0453. The van der Waals surface area contributed by atoms with Crippen LogP contribution in [0.5, 0.6) is 11.5 Å². The molecule has 0 saturated carbocycles. The van der Waals surface area contributed by atoms with E-state index in [4.69, 9.17) is 9.47 Å².